The van der Waals surface area contributed by atoms with Crippen LogP contribution in [-0.2, 0) is 0 Å². The quantitative estimate of drug-likeness (QED) is 0.936. The van der Waals surface area contributed by atoms with Gasteiger partial charge in [0.25, 0.3) is 0 Å². The van der Waals surface area contributed by atoms with E-state index in [0.717, 1.165) is 25.1 Å². The van der Waals surface area contributed by atoms with Gasteiger partial charge in [0.1, 0.15) is 0 Å². The maximum absolute atomic E-state index is 6.21. The van der Waals surface area contributed by atoms with E-state index in [-0.39, 0.29) is 17.5 Å². The van der Waals surface area contributed by atoms with E-state index < -0.39 is 0 Å². The second-order valence-electron chi connectivity index (χ2n) is 6.73. The van der Waals surface area contributed by atoms with Gasteiger partial charge in [0.2, 0.25) is 11.7 Å². The fraction of sp³-hybridized carbons (Fsp3) is 0.562. The Hall–Kier alpha value is -1.79. The van der Waals surface area contributed by atoms with Gasteiger partial charge in [0.15, 0.2) is 0 Å². The molecule has 0 bridgehead atoms. The normalized spacial score (nSPS) is 23.4. The van der Waals surface area contributed by atoms with Crippen LogP contribution in [0.1, 0.15) is 39.1 Å². The number of nitrogens with two attached hydrogens (primary N) is 1. The number of aromatic nitrogens is 3. The van der Waals surface area contributed by atoms with Crippen molar-refractivity contribution in [2.75, 3.05) is 13.1 Å². The number of hydrogen-bond donors (Lipinski definition) is 1. The lowest BCUT2D eigenvalue weighted by atomic mass is 9.79. The molecule has 1 aliphatic heterocycles. The van der Waals surface area contributed by atoms with Crippen molar-refractivity contribution >= 4 is 0 Å². The summed E-state index contributed by atoms with van der Waals surface area (Å²) >= 11 is 0. The number of likely N-dealkylation sites (tertiary alicyclic amines) is 1. The molecule has 3 rings (SSSR count). The van der Waals surface area contributed by atoms with Crippen LogP contribution in [0.5, 0.6) is 0 Å². The zero-order chi connectivity index (χ0) is 15.7. The minimum Gasteiger partial charge on any atom is -0.337 e. The lowest BCUT2D eigenvalue weighted by Gasteiger charge is -2.44. The minimum atomic E-state index is 0.0877. The van der Waals surface area contributed by atoms with Crippen LogP contribution in [0.3, 0.4) is 0 Å². The van der Waals surface area contributed by atoms with Gasteiger partial charge >= 0.3 is 0 Å². The zero-order valence-corrected chi connectivity index (χ0v) is 13.4. The largest absolute Gasteiger partial charge is 0.337 e. The minimum absolute atomic E-state index is 0.0877. The number of piperidine rings is 1. The summed E-state index contributed by atoms with van der Waals surface area (Å²) in [7, 11) is 0. The van der Waals surface area contributed by atoms with Crippen LogP contribution in [0.4, 0.5) is 0 Å². The molecule has 2 N–H and O–H groups in total. The molecular formula is C16H23N5O. The van der Waals surface area contributed by atoms with Crippen LogP contribution < -0.4 is 5.73 Å². The maximum Gasteiger partial charge on any atom is 0.244 e. The Labute approximate surface area is 130 Å². The first kappa shape index (κ1) is 15.1. The summed E-state index contributed by atoms with van der Waals surface area (Å²) in [6.45, 7) is 8.42. The van der Waals surface area contributed by atoms with Gasteiger partial charge in [-0.2, -0.15) is 4.98 Å². The molecule has 118 valence electrons. The predicted molar refractivity (Wildman–Crippen MR) is 83.9 cm³/mol. The molecule has 2 unspecified atom stereocenters. The van der Waals surface area contributed by atoms with E-state index in [1.165, 1.54) is 0 Å². The molecule has 6 nitrogen and oxygen atoms in total. The molecule has 1 fully saturated rings. The Morgan fingerprint density at radius 1 is 1.45 bits per heavy atom. The second-order valence-corrected chi connectivity index (χ2v) is 6.73. The van der Waals surface area contributed by atoms with Crippen LogP contribution >= 0.6 is 0 Å². The van der Waals surface area contributed by atoms with Crippen LogP contribution in [0, 0.1) is 5.41 Å². The molecule has 22 heavy (non-hydrogen) atoms. The Morgan fingerprint density at radius 2 is 2.27 bits per heavy atom. The Morgan fingerprint density at radius 3 is 2.95 bits per heavy atom. The molecule has 2 aromatic rings. The highest BCUT2D eigenvalue weighted by atomic mass is 16.5. The standard InChI is InChI=1S/C16H23N5O/c1-11(21-8-6-13(17)16(2,3)10-21)15-19-14(20-22-15)12-5-4-7-18-9-12/h4-5,7,9,11,13H,6,8,10,17H2,1-3H3. The first-order valence-corrected chi connectivity index (χ1v) is 7.71. The van der Waals surface area contributed by atoms with Crippen LogP contribution in [-0.4, -0.2) is 39.2 Å². The lowest BCUT2D eigenvalue weighted by molar-refractivity contribution is 0.0549. The topological polar surface area (TPSA) is 81.1 Å². The van der Waals surface area contributed by atoms with Crippen molar-refractivity contribution in [2.45, 2.75) is 39.3 Å². The molecule has 0 saturated carbocycles. The summed E-state index contributed by atoms with van der Waals surface area (Å²) in [4.78, 5) is 11.0. The van der Waals surface area contributed by atoms with Crippen LogP contribution in [0.15, 0.2) is 29.0 Å². The molecule has 1 saturated heterocycles. The lowest BCUT2D eigenvalue weighted by Crippen LogP contribution is -2.52. The van der Waals surface area contributed by atoms with Gasteiger partial charge in [0, 0.05) is 37.1 Å². The van der Waals surface area contributed by atoms with Crippen molar-refractivity contribution in [3.8, 4) is 11.4 Å². The van der Waals surface area contributed by atoms with Crippen molar-refractivity contribution in [1.82, 2.24) is 20.0 Å². The van der Waals surface area contributed by atoms with E-state index in [4.69, 9.17) is 10.3 Å². The number of pyridine rings is 1. The molecule has 6 heteroatoms. The molecule has 2 aromatic heterocycles. The van der Waals surface area contributed by atoms with E-state index in [0.29, 0.717) is 11.7 Å². The number of rotatable bonds is 3. The van der Waals surface area contributed by atoms with Crippen LogP contribution in [0.2, 0.25) is 0 Å². The van der Waals surface area contributed by atoms with Gasteiger partial charge in [-0.25, -0.2) is 0 Å². The van der Waals surface area contributed by atoms with Crippen molar-refractivity contribution in [3.63, 3.8) is 0 Å². The summed E-state index contributed by atoms with van der Waals surface area (Å²) in [6, 6.07) is 4.12. The van der Waals surface area contributed by atoms with Gasteiger partial charge in [-0.1, -0.05) is 19.0 Å². The molecule has 0 aromatic carbocycles. The van der Waals surface area contributed by atoms with E-state index in [1.807, 2.05) is 12.1 Å². The number of nitrogens with zero attached hydrogens (tertiary/aromatic N) is 4. The van der Waals surface area contributed by atoms with E-state index in [2.05, 4.69) is 40.8 Å². The van der Waals surface area contributed by atoms with E-state index >= 15 is 0 Å². The maximum atomic E-state index is 6.21. The molecular weight excluding hydrogens is 278 g/mol. The first-order chi connectivity index (χ1) is 10.5. The summed E-state index contributed by atoms with van der Waals surface area (Å²) in [5.41, 5.74) is 7.17. The third-order valence-corrected chi connectivity index (χ3v) is 4.61. The average molecular weight is 301 g/mol. The Balaban J connectivity index is 1.76. The first-order valence-electron chi connectivity index (χ1n) is 7.71. The molecule has 0 aliphatic carbocycles. The highest BCUT2D eigenvalue weighted by Crippen LogP contribution is 2.32. The molecule has 2 atom stereocenters. The third-order valence-electron chi connectivity index (χ3n) is 4.61. The highest BCUT2D eigenvalue weighted by Gasteiger charge is 2.36. The number of hydrogen-bond acceptors (Lipinski definition) is 6. The summed E-state index contributed by atoms with van der Waals surface area (Å²) in [5.74, 6) is 1.23. The zero-order valence-electron chi connectivity index (χ0n) is 13.4. The molecule has 3 heterocycles. The van der Waals surface area contributed by atoms with Crippen molar-refractivity contribution in [1.29, 1.82) is 0 Å². The molecule has 0 spiro atoms. The van der Waals surface area contributed by atoms with Crippen molar-refractivity contribution in [2.24, 2.45) is 11.1 Å². The smallest absolute Gasteiger partial charge is 0.244 e. The molecule has 0 radical (unpaired) electrons. The summed E-state index contributed by atoms with van der Waals surface area (Å²) in [6.07, 6.45) is 4.45. The second kappa shape index (κ2) is 5.78. The van der Waals surface area contributed by atoms with Crippen molar-refractivity contribution in [3.05, 3.63) is 30.4 Å². The Bertz CT molecular complexity index is 624. The third kappa shape index (κ3) is 2.89. The monoisotopic (exact) mass is 301 g/mol. The summed E-state index contributed by atoms with van der Waals surface area (Å²) < 4.78 is 5.47. The Kier molecular flexibility index (Phi) is 3.97. The fourth-order valence-electron chi connectivity index (χ4n) is 2.92. The average Bonchev–Trinajstić information content (AvgIpc) is 3.00. The van der Waals surface area contributed by atoms with Gasteiger partial charge in [-0.3, -0.25) is 9.88 Å². The molecule has 1 aliphatic rings. The highest BCUT2D eigenvalue weighted by molar-refractivity contribution is 5.51. The van der Waals surface area contributed by atoms with Gasteiger partial charge in [-0.05, 0) is 30.9 Å². The summed E-state index contributed by atoms with van der Waals surface area (Å²) in [5, 5.41) is 4.08. The van der Waals surface area contributed by atoms with Crippen molar-refractivity contribution < 1.29 is 4.52 Å². The van der Waals surface area contributed by atoms with Crippen LogP contribution in [0.25, 0.3) is 11.4 Å². The van der Waals surface area contributed by atoms with Gasteiger partial charge in [0.05, 0.1) is 6.04 Å². The SMILES string of the molecule is CC(c1nc(-c2cccnc2)no1)N1CCC(N)C(C)(C)C1. The predicted octanol–water partition coefficient (Wildman–Crippen LogP) is 2.25. The fourth-order valence-corrected chi connectivity index (χ4v) is 2.92. The van der Waals surface area contributed by atoms with Gasteiger partial charge < -0.3 is 10.3 Å². The van der Waals surface area contributed by atoms with E-state index in [1.54, 1.807) is 12.4 Å². The van der Waals surface area contributed by atoms with Gasteiger partial charge in [-0.15, -0.1) is 0 Å². The molecule has 0 amide bonds. The van der Waals surface area contributed by atoms with E-state index in [9.17, 15) is 0 Å².